The Labute approximate surface area is 152 Å². The van der Waals surface area contributed by atoms with Gasteiger partial charge in [-0.05, 0) is 35.4 Å². The van der Waals surface area contributed by atoms with Gasteiger partial charge in [-0.3, -0.25) is 0 Å². The number of hydrogen-bond donors (Lipinski definition) is 1. The Morgan fingerprint density at radius 3 is 2.48 bits per heavy atom. The number of nitrogens with zero attached hydrogens (tertiary/aromatic N) is 1. The molecule has 2 nitrogen and oxygen atoms in total. The number of aromatic nitrogens is 1. The molecule has 3 rings (SSSR count). The Morgan fingerprint density at radius 1 is 1.04 bits per heavy atom. The summed E-state index contributed by atoms with van der Waals surface area (Å²) in [7, 11) is 0. The minimum absolute atomic E-state index is 0.476. The molecule has 0 unspecified atom stereocenters. The second-order valence-electron chi connectivity index (χ2n) is 5.43. The Hall–Kier alpha value is -1.89. The quantitative estimate of drug-likeness (QED) is 0.605. The van der Waals surface area contributed by atoms with Crippen molar-refractivity contribution in [3.8, 4) is 10.4 Å². The van der Waals surface area contributed by atoms with E-state index < -0.39 is 11.7 Å². The molecular formula is C18H14ClF3N2S. The molecular weight excluding hydrogens is 369 g/mol. The van der Waals surface area contributed by atoms with E-state index in [0.29, 0.717) is 18.1 Å². The van der Waals surface area contributed by atoms with Crippen LogP contribution >= 0.6 is 22.9 Å². The van der Waals surface area contributed by atoms with Crippen molar-refractivity contribution in [3.05, 3.63) is 75.9 Å². The van der Waals surface area contributed by atoms with Gasteiger partial charge in [0.15, 0.2) is 0 Å². The lowest BCUT2D eigenvalue weighted by Crippen LogP contribution is -2.12. The highest BCUT2D eigenvalue weighted by Crippen LogP contribution is 2.29. The van der Waals surface area contributed by atoms with E-state index in [1.165, 1.54) is 12.1 Å². The van der Waals surface area contributed by atoms with Crippen molar-refractivity contribution >= 4 is 22.9 Å². The lowest BCUT2D eigenvalue weighted by Gasteiger charge is -2.08. The van der Waals surface area contributed by atoms with Crippen molar-refractivity contribution in [2.24, 2.45) is 0 Å². The monoisotopic (exact) mass is 382 g/mol. The summed E-state index contributed by atoms with van der Waals surface area (Å²) in [5, 5.41) is 4.77. The van der Waals surface area contributed by atoms with Crippen LogP contribution in [0.5, 0.6) is 0 Å². The van der Waals surface area contributed by atoms with E-state index >= 15 is 0 Å². The molecule has 1 heterocycles. The highest BCUT2D eigenvalue weighted by Gasteiger charge is 2.29. The predicted molar refractivity (Wildman–Crippen MR) is 94.5 cm³/mol. The summed E-state index contributed by atoms with van der Waals surface area (Å²) in [6, 6.07) is 12.7. The molecule has 0 saturated heterocycles. The van der Waals surface area contributed by atoms with Crippen molar-refractivity contribution in [1.29, 1.82) is 0 Å². The first-order valence-corrected chi connectivity index (χ1v) is 8.69. The summed E-state index contributed by atoms with van der Waals surface area (Å²) in [4.78, 5) is 5.39. The Balaban J connectivity index is 1.56. The summed E-state index contributed by atoms with van der Waals surface area (Å²) in [6.45, 7) is 1.02. The highest BCUT2D eigenvalue weighted by molar-refractivity contribution is 7.15. The van der Waals surface area contributed by atoms with Crippen LogP contribution in [0, 0.1) is 0 Å². The van der Waals surface area contributed by atoms with E-state index in [2.05, 4.69) is 10.3 Å². The second-order valence-corrected chi connectivity index (χ2v) is 6.98. The molecule has 0 aliphatic carbocycles. The first-order chi connectivity index (χ1) is 11.9. The Bertz CT molecular complexity index is 844. The standard InChI is InChI=1S/C18H14ClF3N2S/c19-15-3-1-2-13(8-15)16-10-24-17(25-16)11-23-9-12-4-6-14(7-5-12)18(20,21)22/h1-8,10,23H,9,11H2. The van der Waals surface area contributed by atoms with Crippen LogP contribution in [0.2, 0.25) is 5.02 Å². The van der Waals surface area contributed by atoms with Crippen molar-refractivity contribution in [2.45, 2.75) is 19.3 Å². The third kappa shape index (κ3) is 4.81. The lowest BCUT2D eigenvalue weighted by atomic mass is 10.1. The molecule has 0 aliphatic rings. The number of halogens is 4. The van der Waals surface area contributed by atoms with E-state index in [9.17, 15) is 13.2 Å². The van der Waals surface area contributed by atoms with Crippen LogP contribution < -0.4 is 5.32 Å². The average Bonchev–Trinajstić information content (AvgIpc) is 3.03. The summed E-state index contributed by atoms with van der Waals surface area (Å²) in [5.41, 5.74) is 1.17. The number of thiazole rings is 1. The SMILES string of the molecule is FC(F)(F)c1ccc(CNCc2ncc(-c3cccc(Cl)c3)s2)cc1. The zero-order valence-electron chi connectivity index (χ0n) is 13.0. The van der Waals surface area contributed by atoms with Crippen LogP contribution in [0.25, 0.3) is 10.4 Å². The van der Waals surface area contributed by atoms with Crippen molar-refractivity contribution in [2.75, 3.05) is 0 Å². The number of nitrogens with one attached hydrogen (secondary N) is 1. The van der Waals surface area contributed by atoms with Gasteiger partial charge in [0.2, 0.25) is 0 Å². The molecule has 7 heteroatoms. The molecule has 0 fully saturated rings. The third-order valence-corrected chi connectivity index (χ3v) is 4.83. The van der Waals surface area contributed by atoms with E-state index in [0.717, 1.165) is 33.1 Å². The maximum atomic E-state index is 12.5. The third-order valence-electron chi connectivity index (χ3n) is 3.55. The first-order valence-electron chi connectivity index (χ1n) is 7.49. The topological polar surface area (TPSA) is 24.9 Å². The van der Waals surface area contributed by atoms with Gasteiger partial charge in [0.05, 0.1) is 10.4 Å². The minimum atomic E-state index is -4.30. The molecule has 0 atom stereocenters. The van der Waals surface area contributed by atoms with Gasteiger partial charge in [-0.1, -0.05) is 35.9 Å². The van der Waals surface area contributed by atoms with Gasteiger partial charge in [0.1, 0.15) is 5.01 Å². The van der Waals surface area contributed by atoms with Crippen LogP contribution in [-0.2, 0) is 19.3 Å². The maximum Gasteiger partial charge on any atom is 0.416 e. The van der Waals surface area contributed by atoms with Crippen LogP contribution in [-0.4, -0.2) is 4.98 Å². The fourth-order valence-electron chi connectivity index (χ4n) is 2.29. The van der Waals surface area contributed by atoms with Gasteiger partial charge in [0, 0.05) is 24.3 Å². The Kier molecular flexibility index (Phi) is 5.42. The van der Waals surface area contributed by atoms with Crippen LogP contribution in [0.15, 0.2) is 54.7 Å². The summed E-state index contributed by atoms with van der Waals surface area (Å²) >= 11 is 7.55. The largest absolute Gasteiger partial charge is 0.416 e. The molecule has 0 bridgehead atoms. The number of benzene rings is 2. The van der Waals surface area contributed by atoms with E-state index in [-0.39, 0.29) is 0 Å². The highest BCUT2D eigenvalue weighted by atomic mass is 35.5. The van der Waals surface area contributed by atoms with Gasteiger partial charge in [-0.25, -0.2) is 4.98 Å². The van der Waals surface area contributed by atoms with Crippen molar-refractivity contribution < 1.29 is 13.2 Å². The molecule has 0 spiro atoms. The fraction of sp³-hybridized carbons (Fsp3) is 0.167. The lowest BCUT2D eigenvalue weighted by molar-refractivity contribution is -0.137. The van der Waals surface area contributed by atoms with Crippen LogP contribution in [0.4, 0.5) is 13.2 Å². The van der Waals surface area contributed by atoms with Crippen LogP contribution in [0.3, 0.4) is 0 Å². The van der Waals surface area contributed by atoms with Gasteiger partial charge in [-0.15, -0.1) is 11.3 Å². The zero-order valence-corrected chi connectivity index (χ0v) is 14.6. The van der Waals surface area contributed by atoms with Gasteiger partial charge in [-0.2, -0.15) is 13.2 Å². The van der Waals surface area contributed by atoms with Gasteiger partial charge >= 0.3 is 6.18 Å². The molecule has 0 saturated carbocycles. The molecule has 0 aliphatic heterocycles. The van der Waals surface area contributed by atoms with Crippen molar-refractivity contribution in [1.82, 2.24) is 10.3 Å². The number of alkyl halides is 3. The molecule has 25 heavy (non-hydrogen) atoms. The fourth-order valence-corrected chi connectivity index (χ4v) is 3.37. The molecule has 2 aromatic carbocycles. The zero-order chi connectivity index (χ0) is 17.9. The van der Waals surface area contributed by atoms with Crippen molar-refractivity contribution in [3.63, 3.8) is 0 Å². The van der Waals surface area contributed by atoms with Gasteiger partial charge in [0.25, 0.3) is 0 Å². The molecule has 3 aromatic rings. The van der Waals surface area contributed by atoms with Gasteiger partial charge < -0.3 is 5.32 Å². The van der Waals surface area contributed by atoms with E-state index in [1.807, 2.05) is 24.3 Å². The molecule has 0 radical (unpaired) electrons. The summed E-state index contributed by atoms with van der Waals surface area (Å²) < 4.78 is 37.6. The molecule has 1 N–H and O–H groups in total. The minimum Gasteiger partial charge on any atom is -0.306 e. The van der Waals surface area contributed by atoms with E-state index in [1.54, 1.807) is 17.5 Å². The first kappa shape index (κ1) is 17.9. The smallest absolute Gasteiger partial charge is 0.306 e. The average molecular weight is 383 g/mol. The predicted octanol–water partition coefficient (Wildman–Crippen LogP) is 5.77. The van der Waals surface area contributed by atoms with E-state index in [4.69, 9.17) is 11.6 Å². The molecule has 0 amide bonds. The summed E-state index contributed by atoms with van der Waals surface area (Å²) in [5.74, 6) is 0. The summed E-state index contributed by atoms with van der Waals surface area (Å²) in [6.07, 6.45) is -2.50. The van der Waals surface area contributed by atoms with Crippen LogP contribution in [0.1, 0.15) is 16.1 Å². The molecule has 130 valence electrons. The molecule has 1 aromatic heterocycles. The normalized spacial score (nSPS) is 11.7. The second kappa shape index (κ2) is 7.56. The Morgan fingerprint density at radius 2 is 1.80 bits per heavy atom. The number of hydrogen-bond acceptors (Lipinski definition) is 3. The number of rotatable bonds is 5. The maximum absolute atomic E-state index is 12.5.